The molecule has 0 radical (unpaired) electrons. The zero-order valence-corrected chi connectivity index (χ0v) is 9.06. The lowest BCUT2D eigenvalue weighted by Crippen LogP contribution is -1.91. The first kappa shape index (κ1) is 10.9. The lowest BCUT2D eigenvalue weighted by molar-refractivity contribution is 0.394. The predicted molar refractivity (Wildman–Crippen MR) is 57.7 cm³/mol. The fraction of sp³-hybridized carbons (Fsp3) is 0.364. The van der Waals surface area contributed by atoms with Gasteiger partial charge in [0.2, 0.25) is 5.88 Å². The second kappa shape index (κ2) is 5.51. The highest BCUT2D eigenvalue weighted by atomic mass is 35.5. The predicted octanol–water partition coefficient (Wildman–Crippen LogP) is 2.38. The first-order chi connectivity index (χ1) is 6.77. The molecular formula is C11H12ClNO. The van der Waals surface area contributed by atoms with Crippen LogP contribution in [0.25, 0.3) is 0 Å². The Bertz CT molecular complexity index is 365. The van der Waals surface area contributed by atoms with E-state index in [0.717, 1.165) is 11.1 Å². The monoisotopic (exact) mass is 209 g/mol. The third-order valence-electron chi connectivity index (χ3n) is 1.68. The molecule has 1 heterocycles. The number of ether oxygens (including phenoxy) is 1. The van der Waals surface area contributed by atoms with E-state index in [1.165, 1.54) is 0 Å². The minimum Gasteiger partial charge on any atom is -0.481 e. The molecule has 1 aromatic rings. The summed E-state index contributed by atoms with van der Waals surface area (Å²) in [6, 6.07) is 1.95. The summed E-state index contributed by atoms with van der Waals surface area (Å²) >= 11 is 5.51. The fourth-order valence-electron chi connectivity index (χ4n) is 1.06. The summed E-state index contributed by atoms with van der Waals surface area (Å²) in [6.45, 7) is 1.94. The summed E-state index contributed by atoms with van der Waals surface area (Å²) in [5.41, 5.74) is 1.89. The Morgan fingerprint density at radius 1 is 1.57 bits per heavy atom. The molecule has 0 fully saturated rings. The van der Waals surface area contributed by atoms with Crippen LogP contribution in [0.15, 0.2) is 12.3 Å². The maximum atomic E-state index is 5.51. The van der Waals surface area contributed by atoms with Crippen LogP contribution in [-0.2, 0) is 0 Å². The van der Waals surface area contributed by atoms with Crippen molar-refractivity contribution in [2.75, 3.05) is 13.0 Å². The molecule has 1 aromatic heterocycles. The van der Waals surface area contributed by atoms with Gasteiger partial charge in [0.1, 0.15) is 0 Å². The van der Waals surface area contributed by atoms with E-state index < -0.39 is 0 Å². The molecule has 0 saturated carbocycles. The molecular weight excluding hydrogens is 198 g/mol. The van der Waals surface area contributed by atoms with Crippen LogP contribution in [0.2, 0.25) is 0 Å². The van der Waals surface area contributed by atoms with Gasteiger partial charge < -0.3 is 4.74 Å². The van der Waals surface area contributed by atoms with Crippen molar-refractivity contribution in [3.8, 4) is 17.7 Å². The van der Waals surface area contributed by atoms with E-state index in [-0.39, 0.29) is 0 Å². The molecule has 14 heavy (non-hydrogen) atoms. The Morgan fingerprint density at radius 3 is 2.93 bits per heavy atom. The second-order valence-electron chi connectivity index (χ2n) is 2.79. The Labute approximate surface area is 89.3 Å². The molecule has 0 aromatic carbocycles. The number of aromatic nitrogens is 1. The number of hydrogen-bond donors (Lipinski definition) is 0. The standard InChI is InChI=1S/C11H12ClNO/c1-9-7-10(5-3-4-6-12)8-13-11(9)14-2/h7-8H,4,6H2,1-2H3. The number of rotatable bonds is 2. The zero-order chi connectivity index (χ0) is 10.4. The van der Waals surface area contributed by atoms with Crippen LogP contribution in [0, 0.1) is 18.8 Å². The van der Waals surface area contributed by atoms with Gasteiger partial charge in [-0.2, -0.15) is 0 Å². The third-order valence-corrected chi connectivity index (χ3v) is 1.86. The van der Waals surface area contributed by atoms with Crippen molar-refractivity contribution in [2.45, 2.75) is 13.3 Å². The number of alkyl halides is 1. The highest BCUT2D eigenvalue weighted by Crippen LogP contribution is 2.13. The third kappa shape index (κ3) is 2.93. The van der Waals surface area contributed by atoms with Crippen LogP contribution in [0.1, 0.15) is 17.5 Å². The number of pyridine rings is 1. The molecule has 3 heteroatoms. The zero-order valence-electron chi connectivity index (χ0n) is 8.30. The molecule has 0 amide bonds. The lowest BCUT2D eigenvalue weighted by atomic mass is 10.2. The molecule has 0 aliphatic heterocycles. The molecule has 0 aliphatic carbocycles. The minimum atomic E-state index is 0.565. The Morgan fingerprint density at radius 2 is 2.36 bits per heavy atom. The summed E-state index contributed by atoms with van der Waals surface area (Å²) in [7, 11) is 1.61. The van der Waals surface area contributed by atoms with Gasteiger partial charge in [-0.15, -0.1) is 11.6 Å². The van der Waals surface area contributed by atoms with E-state index in [2.05, 4.69) is 16.8 Å². The summed E-state index contributed by atoms with van der Waals surface area (Å²) in [5.74, 6) is 7.15. The van der Waals surface area contributed by atoms with Crippen LogP contribution >= 0.6 is 11.6 Å². The van der Waals surface area contributed by atoms with Gasteiger partial charge in [0.25, 0.3) is 0 Å². The van der Waals surface area contributed by atoms with Crippen LogP contribution < -0.4 is 4.74 Å². The van der Waals surface area contributed by atoms with Gasteiger partial charge in [-0.05, 0) is 13.0 Å². The quantitative estimate of drug-likeness (QED) is 0.551. The second-order valence-corrected chi connectivity index (χ2v) is 3.17. The highest BCUT2D eigenvalue weighted by Gasteiger charge is 1.98. The van der Waals surface area contributed by atoms with Crippen molar-refractivity contribution in [1.29, 1.82) is 0 Å². The summed E-state index contributed by atoms with van der Waals surface area (Å²) in [5, 5.41) is 0. The molecule has 0 saturated heterocycles. The first-order valence-corrected chi connectivity index (χ1v) is 4.87. The van der Waals surface area contributed by atoms with Crippen molar-refractivity contribution in [3.05, 3.63) is 23.4 Å². The molecule has 74 valence electrons. The van der Waals surface area contributed by atoms with Crippen LogP contribution in [0.5, 0.6) is 5.88 Å². The lowest BCUT2D eigenvalue weighted by Gasteiger charge is -2.01. The van der Waals surface area contributed by atoms with Crippen molar-refractivity contribution in [2.24, 2.45) is 0 Å². The topological polar surface area (TPSA) is 22.1 Å². The molecule has 0 unspecified atom stereocenters. The minimum absolute atomic E-state index is 0.565. The van der Waals surface area contributed by atoms with Gasteiger partial charge in [-0.25, -0.2) is 4.98 Å². The van der Waals surface area contributed by atoms with Gasteiger partial charge in [0.05, 0.1) is 7.11 Å². The molecule has 0 N–H and O–H groups in total. The number of halogens is 1. The molecule has 2 nitrogen and oxygen atoms in total. The van der Waals surface area contributed by atoms with E-state index in [1.807, 2.05) is 13.0 Å². The smallest absolute Gasteiger partial charge is 0.215 e. The SMILES string of the molecule is COc1ncc(C#CCCCl)cc1C. The van der Waals surface area contributed by atoms with Gasteiger partial charge in [0, 0.05) is 29.6 Å². The van der Waals surface area contributed by atoms with Crippen molar-refractivity contribution < 1.29 is 4.74 Å². The molecule has 0 bridgehead atoms. The largest absolute Gasteiger partial charge is 0.481 e. The van der Waals surface area contributed by atoms with Crippen molar-refractivity contribution >= 4 is 11.6 Å². The van der Waals surface area contributed by atoms with E-state index in [9.17, 15) is 0 Å². The highest BCUT2D eigenvalue weighted by molar-refractivity contribution is 6.18. The maximum Gasteiger partial charge on any atom is 0.215 e. The fourth-order valence-corrected chi connectivity index (χ4v) is 1.15. The summed E-state index contributed by atoms with van der Waals surface area (Å²) in [6.07, 6.45) is 2.40. The van der Waals surface area contributed by atoms with E-state index in [0.29, 0.717) is 18.2 Å². The molecule has 0 atom stereocenters. The van der Waals surface area contributed by atoms with E-state index >= 15 is 0 Å². The van der Waals surface area contributed by atoms with Crippen molar-refractivity contribution in [1.82, 2.24) is 4.98 Å². The maximum absolute atomic E-state index is 5.51. The summed E-state index contributed by atoms with van der Waals surface area (Å²) in [4.78, 5) is 4.12. The normalized spacial score (nSPS) is 9.07. The average molecular weight is 210 g/mol. The van der Waals surface area contributed by atoms with Crippen molar-refractivity contribution in [3.63, 3.8) is 0 Å². The van der Waals surface area contributed by atoms with E-state index in [4.69, 9.17) is 16.3 Å². The molecule has 1 rings (SSSR count). The number of nitrogens with zero attached hydrogens (tertiary/aromatic N) is 1. The van der Waals surface area contributed by atoms with Gasteiger partial charge >= 0.3 is 0 Å². The van der Waals surface area contributed by atoms with Gasteiger partial charge in [0.15, 0.2) is 0 Å². The van der Waals surface area contributed by atoms with Crippen LogP contribution in [-0.4, -0.2) is 18.0 Å². The Balaban J connectivity index is 2.82. The van der Waals surface area contributed by atoms with Gasteiger partial charge in [-0.1, -0.05) is 11.8 Å². The molecule has 0 spiro atoms. The Hall–Kier alpha value is -1.20. The number of aryl methyl sites for hydroxylation is 1. The van der Waals surface area contributed by atoms with Gasteiger partial charge in [-0.3, -0.25) is 0 Å². The number of hydrogen-bond acceptors (Lipinski definition) is 2. The summed E-state index contributed by atoms with van der Waals surface area (Å²) < 4.78 is 5.05. The first-order valence-electron chi connectivity index (χ1n) is 4.33. The number of methoxy groups -OCH3 is 1. The molecule has 0 aliphatic rings. The Kier molecular flexibility index (Phi) is 4.28. The average Bonchev–Trinajstić information content (AvgIpc) is 2.18. The van der Waals surface area contributed by atoms with E-state index in [1.54, 1.807) is 13.3 Å². The van der Waals surface area contributed by atoms with Crippen LogP contribution in [0.3, 0.4) is 0 Å². The van der Waals surface area contributed by atoms with Crippen LogP contribution in [0.4, 0.5) is 0 Å².